The van der Waals surface area contributed by atoms with Gasteiger partial charge >= 0.3 is 0 Å². The van der Waals surface area contributed by atoms with E-state index in [-0.39, 0.29) is 39.3 Å². The summed E-state index contributed by atoms with van der Waals surface area (Å²) in [5.74, 6) is 0. The molecule has 0 amide bonds. The monoisotopic (exact) mass is 851 g/mol. The average molecular weight is 851 g/mol. The predicted molar refractivity (Wildman–Crippen MR) is 279 cm³/mol. The Labute approximate surface area is 390 Å². The first-order valence-electron chi connectivity index (χ1n) is 24.9. The summed E-state index contributed by atoms with van der Waals surface area (Å²) in [6, 6.07) is 45.8. The standard InChI is InChI=1S/C62H67BN2/c1-38-31-51-53-52(32-38)65-55-48(61(11)27-19-20-28-62(61,65)12)33-41(39-21-15-13-16-22-39)34-49(55)63(53)56-54(44-36-46-47(37-45(44)60(56,9)10)59(7,8)30-29-58(46,5)6)64(51)50-26-25-42(57(2,3)4)35-43(50)40-23-17-14-18-24-40/h13-18,21-26,31-37H,19-20,27-30H2,1-12H3. The zero-order chi connectivity index (χ0) is 45.4. The molecule has 6 aromatic carbocycles. The normalized spacial score (nSPS) is 23.7. The number of benzene rings is 6. The Hall–Kier alpha value is -5.28. The highest BCUT2D eigenvalue weighted by Crippen LogP contribution is 2.65. The lowest BCUT2D eigenvalue weighted by Gasteiger charge is -2.53. The highest BCUT2D eigenvalue weighted by Gasteiger charge is 2.63. The summed E-state index contributed by atoms with van der Waals surface area (Å²) in [7, 11) is 0. The lowest BCUT2D eigenvalue weighted by molar-refractivity contribution is 0.195. The molecule has 3 aliphatic carbocycles. The molecule has 0 spiro atoms. The van der Waals surface area contributed by atoms with Crippen molar-refractivity contribution in [2.45, 2.75) is 154 Å². The summed E-state index contributed by atoms with van der Waals surface area (Å²) in [4.78, 5) is 5.70. The van der Waals surface area contributed by atoms with Crippen LogP contribution in [0.15, 0.2) is 121 Å². The Morgan fingerprint density at radius 3 is 1.85 bits per heavy atom. The molecule has 0 saturated heterocycles. The first-order chi connectivity index (χ1) is 30.8. The van der Waals surface area contributed by atoms with E-state index in [1.54, 1.807) is 16.6 Å². The van der Waals surface area contributed by atoms with Crippen LogP contribution in [0.4, 0.5) is 22.7 Å². The molecule has 3 aliphatic heterocycles. The van der Waals surface area contributed by atoms with Crippen LogP contribution in [0.1, 0.15) is 154 Å². The average Bonchev–Trinajstić information content (AvgIpc) is 3.63. The van der Waals surface area contributed by atoms with E-state index in [2.05, 4.69) is 208 Å². The molecule has 0 radical (unpaired) electrons. The molecule has 1 saturated carbocycles. The summed E-state index contributed by atoms with van der Waals surface area (Å²) >= 11 is 0. The van der Waals surface area contributed by atoms with Gasteiger partial charge in [-0.05, 0) is 153 Å². The number of anilines is 4. The highest BCUT2D eigenvalue weighted by atomic mass is 15.3. The van der Waals surface area contributed by atoms with Gasteiger partial charge in [-0.15, -0.1) is 0 Å². The fraction of sp³-hybridized carbons (Fsp3) is 0.387. The zero-order valence-electron chi connectivity index (χ0n) is 41.2. The van der Waals surface area contributed by atoms with Gasteiger partial charge in [-0.1, -0.05) is 166 Å². The molecule has 12 rings (SSSR count). The minimum absolute atomic E-state index is 0.00287. The topological polar surface area (TPSA) is 6.48 Å². The quantitative estimate of drug-likeness (QED) is 0.164. The van der Waals surface area contributed by atoms with Crippen LogP contribution in [0, 0.1) is 6.92 Å². The van der Waals surface area contributed by atoms with E-state index in [0.29, 0.717) is 0 Å². The molecule has 0 bridgehead atoms. The molecule has 3 heteroatoms. The van der Waals surface area contributed by atoms with Crippen LogP contribution in [0.2, 0.25) is 0 Å². The van der Waals surface area contributed by atoms with Crippen molar-refractivity contribution in [1.82, 2.24) is 0 Å². The van der Waals surface area contributed by atoms with Crippen molar-refractivity contribution in [2.75, 3.05) is 9.80 Å². The molecule has 2 unspecified atom stereocenters. The number of hydrogen-bond acceptors (Lipinski definition) is 2. The first-order valence-corrected chi connectivity index (χ1v) is 24.9. The van der Waals surface area contributed by atoms with Crippen molar-refractivity contribution in [2.24, 2.45) is 0 Å². The molecule has 6 aliphatic rings. The third-order valence-corrected chi connectivity index (χ3v) is 18.2. The fourth-order valence-corrected chi connectivity index (χ4v) is 14.2. The number of rotatable bonds is 3. The van der Waals surface area contributed by atoms with Gasteiger partial charge in [-0.25, -0.2) is 0 Å². The number of allylic oxidation sites excluding steroid dienone is 1. The van der Waals surface area contributed by atoms with Crippen LogP contribution in [0.5, 0.6) is 0 Å². The van der Waals surface area contributed by atoms with Gasteiger partial charge in [-0.2, -0.15) is 0 Å². The molecule has 1 fully saturated rings. The Morgan fingerprint density at radius 2 is 1.17 bits per heavy atom. The smallest absolute Gasteiger partial charge is 0.248 e. The third kappa shape index (κ3) is 5.42. The van der Waals surface area contributed by atoms with Crippen molar-refractivity contribution in [3.63, 3.8) is 0 Å². The van der Waals surface area contributed by atoms with Crippen molar-refractivity contribution in [3.8, 4) is 22.3 Å². The molecular weight excluding hydrogens is 784 g/mol. The summed E-state index contributed by atoms with van der Waals surface area (Å²) in [6.45, 7) is 29.9. The maximum absolute atomic E-state index is 2.91. The van der Waals surface area contributed by atoms with Crippen molar-refractivity contribution in [1.29, 1.82) is 0 Å². The predicted octanol–water partition coefficient (Wildman–Crippen LogP) is 15.0. The molecule has 0 aromatic heterocycles. The van der Waals surface area contributed by atoms with Gasteiger partial charge in [0.05, 0.1) is 11.2 Å². The van der Waals surface area contributed by atoms with Crippen LogP contribution in [-0.4, -0.2) is 12.3 Å². The molecule has 65 heavy (non-hydrogen) atoms. The van der Waals surface area contributed by atoms with Crippen LogP contribution >= 0.6 is 0 Å². The van der Waals surface area contributed by atoms with Gasteiger partial charge in [-0.3, -0.25) is 0 Å². The van der Waals surface area contributed by atoms with Crippen LogP contribution in [-0.2, 0) is 27.1 Å². The number of hydrogen-bond donors (Lipinski definition) is 0. The van der Waals surface area contributed by atoms with Crippen LogP contribution < -0.4 is 20.7 Å². The molecule has 2 nitrogen and oxygen atoms in total. The van der Waals surface area contributed by atoms with E-state index in [4.69, 9.17) is 0 Å². The largest absolute Gasteiger partial charge is 0.335 e. The molecule has 328 valence electrons. The fourth-order valence-electron chi connectivity index (χ4n) is 14.2. The van der Waals surface area contributed by atoms with Crippen molar-refractivity contribution >= 4 is 46.1 Å². The summed E-state index contributed by atoms with van der Waals surface area (Å²) in [6.07, 6.45) is 7.32. The molecule has 2 atom stereocenters. The van der Waals surface area contributed by atoms with Gasteiger partial charge in [0.25, 0.3) is 0 Å². The van der Waals surface area contributed by atoms with Gasteiger partial charge in [0.15, 0.2) is 0 Å². The number of nitrogens with zero attached hydrogens (tertiary/aromatic N) is 2. The molecular formula is C62H67BN2. The van der Waals surface area contributed by atoms with Gasteiger partial charge in [0, 0.05) is 44.7 Å². The van der Waals surface area contributed by atoms with E-state index < -0.39 is 0 Å². The Morgan fingerprint density at radius 1 is 0.538 bits per heavy atom. The lowest BCUT2D eigenvalue weighted by Crippen LogP contribution is -2.62. The first kappa shape index (κ1) is 41.2. The second-order valence-electron chi connectivity index (χ2n) is 24.4. The van der Waals surface area contributed by atoms with Gasteiger partial charge < -0.3 is 9.80 Å². The third-order valence-electron chi connectivity index (χ3n) is 18.2. The van der Waals surface area contributed by atoms with E-state index in [1.165, 1.54) is 128 Å². The number of fused-ring (bicyclic) bond motifs is 9. The summed E-state index contributed by atoms with van der Waals surface area (Å²) in [5.41, 5.74) is 26.8. The Balaban J connectivity index is 1.25. The van der Waals surface area contributed by atoms with Crippen molar-refractivity contribution in [3.05, 3.63) is 160 Å². The zero-order valence-corrected chi connectivity index (χ0v) is 41.2. The summed E-state index contributed by atoms with van der Waals surface area (Å²) in [5, 5.41) is 0. The molecule has 0 N–H and O–H groups in total. The minimum Gasteiger partial charge on any atom is -0.335 e. The van der Waals surface area contributed by atoms with Crippen LogP contribution in [0.3, 0.4) is 0 Å². The van der Waals surface area contributed by atoms with E-state index in [0.717, 1.165) is 0 Å². The Kier molecular flexibility index (Phi) is 8.37. The summed E-state index contributed by atoms with van der Waals surface area (Å²) < 4.78 is 0. The maximum atomic E-state index is 2.91. The Bertz CT molecular complexity index is 3050. The molecule has 3 heterocycles. The van der Waals surface area contributed by atoms with Crippen molar-refractivity contribution < 1.29 is 0 Å². The van der Waals surface area contributed by atoms with Gasteiger partial charge in [0.2, 0.25) is 6.71 Å². The molecule has 6 aromatic rings. The maximum Gasteiger partial charge on any atom is 0.248 e. The van der Waals surface area contributed by atoms with E-state index in [1.807, 2.05) is 0 Å². The highest BCUT2D eigenvalue weighted by molar-refractivity contribution is 6.96. The van der Waals surface area contributed by atoms with Gasteiger partial charge in [0.1, 0.15) is 0 Å². The van der Waals surface area contributed by atoms with Crippen LogP contribution in [0.25, 0.3) is 28.0 Å². The minimum atomic E-state index is -0.255. The lowest BCUT2D eigenvalue weighted by atomic mass is 9.30. The SMILES string of the molecule is Cc1cc2c3c(c1)N1c4c(cc(-c5ccccc5)cc4C4(C)CCCCC14C)B3C1=C(c3cc4c(cc3C1(C)C)C(C)(C)CCC4(C)C)N2c1ccc(C(C)(C)C)cc1-c1ccccc1. The number of aryl methyl sites for hydroxylation is 1. The second-order valence-corrected chi connectivity index (χ2v) is 24.4. The van der Waals surface area contributed by atoms with E-state index >= 15 is 0 Å². The van der Waals surface area contributed by atoms with E-state index in [9.17, 15) is 0 Å². The second kappa shape index (κ2) is 13.2.